The van der Waals surface area contributed by atoms with E-state index in [4.69, 9.17) is 9.47 Å². The number of aromatic nitrogens is 3. The molecule has 0 aromatic carbocycles. The Morgan fingerprint density at radius 2 is 1.91 bits per heavy atom. The van der Waals surface area contributed by atoms with Gasteiger partial charge in [-0.1, -0.05) is 0 Å². The molecule has 3 aromatic heterocycles. The average Bonchev–Trinajstić information content (AvgIpc) is 3.08. The van der Waals surface area contributed by atoms with Crippen molar-refractivity contribution in [1.29, 1.82) is 0 Å². The zero-order valence-electron chi connectivity index (χ0n) is 18.6. The molecule has 33 heavy (non-hydrogen) atoms. The molecule has 11 heteroatoms. The third-order valence-electron chi connectivity index (χ3n) is 4.34. The number of pyridine rings is 2. The van der Waals surface area contributed by atoms with Gasteiger partial charge < -0.3 is 19.9 Å². The van der Waals surface area contributed by atoms with Crippen molar-refractivity contribution in [2.45, 2.75) is 51.4 Å². The number of fused-ring (bicyclic) bond motifs is 1. The summed E-state index contributed by atoms with van der Waals surface area (Å²) in [5.41, 5.74) is -0.962. The van der Waals surface area contributed by atoms with Gasteiger partial charge >= 0.3 is 6.18 Å². The van der Waals surface area contributed by atoms with Crippen molar-refractivity contribution < 1.29 is 32.5 Å². The van der Waals surface area contributed by atoms with E-state index in [2.05, 4.69) is 15.4 Å². The van der Waals surface area contributed by atoms with E-state index in [0.717, 1.165) is 0 Å². The largest absolute Gasteiger partial charge is 0.478 e. The summed E-state index contributed by atoms with van der Waals surface area (Å²) in [4.78, 5) is 16.6. The normalized spacial score (nSPS) is 12.6. The van der Waals surface area contributed by atoms with Crippen LogP contribution in [0.2, 0.25) is 0 Å². The molecule has 3 aromatic rings. The predicted octanol–water partition coefficient (Wildman–Crippen LogP) is 4.13. The quantitative estimate of drug-likeness (QED) is 0.518. The van der Waals surface area contributed by atoms with E-state index in [1.165, 1.54) is 28.9 Å². The van der Waals surface area contributed by atoms with Gasteiger partial charge in [0.2, 0.25) is 0 Å². The molecule has 0 aliphatic rings. The number of aliphatic hydroxyl groups is 1. The first kappa shape index (κ1) is 24.3. The zero-order valence-corrected chi connectivity index (χ0v) is 18.6. The van der Waals surface area contributed by atoms with Crippen LogP contribution in [0.5, 0.6) is 17.4 Å². The van der Waals surface area contributed by atoms with E-state index in [0.29, 0.717) is 11.9 Å². The van der Waals surface area contributed by atoms with Gasteiger partial charge in [0.1, 0.15) is 5.75 Å². The number of nitrogens with one attached hydrogen (secondary N) is 1. The maximum Gasteiger partial charge on any atom is 0.422 e. The molecule has 0 bridgehead atoms. The SMILES string of the molecule is CC(C)(O)CC(C)(C)NC(=O)c1cc2cc(Oc3ncccc3OCC(F)(F)F)ccn2n1. The first-order chi connectivity index (χ1) is 15.2. The van der Waals surface area contributed by atoms with Crippen molar-refractivity contribution in [1.82, 2.24) is 19.9 Å². The van der Waals surface area contributed by atoms with Crippen LogP contribution in [0.4, 0.5) is 13.2 Å². The number of ether oxygens (including phenoxy) is 2. The summed E-state index contributed by atoms with van der Waals surface area (Å²) >= 11 is 0. The maximum absolute atomic E-state index is 12.7. The summed E-state index contributed by atoms with van der Waals surface area (Å²) in [6.45, 7) is 5.45. The smallest absolute Gasteiger partial charge is 0.422 e. The Labute approximate surface area is 188 Å². The molecule has 178 valence electrons. The van der Waals surface area contributed by atoms with E-state index >= 15 is 0 Å². The van der Waals surface area contributed by atoms with Crippen LogP contribution in [0, 0.1) is 0 Å². The number of rotatable bonds is 8. The van der Waals surface area contributed by atoms with Crippen molar-refractivity contribution in [3.8, 4) is 17.4 Å². The van der Waals surface area contributed by atoms with Gasteiger partial charge in [0.05, 0.1) is 11.1 Å². The minimum absolute atomic E-state index is 0.128. The van der Waals surface area contributed by atoms with Crippen LogP contribution in [-0.2, 0) is 0 Å². The second-order valence-corrected chi connectivity index (χ2v) is 8.90. The van der Waals surface area contributed by atoms with Gasteiger partial charge in [0.25, 0.3) is 11.8 Å². The summed E-state index contributed by atoms with van der Waals surface area (Å²) in [6, 6.07) is 7.39. The van der Waals surface area contributed by atoms with Crippen molar-refractivity contribution in [2.75, 3.05) is 6.61 Å². The number of halogens is 3. The van der Waals surface area contributed by atoms with E-state index in [-0.39, 0.29) is 23.1 Å². The molecule has 0 atom stereocenters. The van der Waals surface area contributed by atoms with Crippen LogP contribution in [-0.4, -0.2) is 49.5 Å². The van der Waals surface area contributed by atoms with E-state index < -0.39 is 29.8 Å². The fourth-order valence-corrected chi connectivity index (χ4v) is 3.48. The van der Waals surface area contributed by atoms with Crippen molar-refractivity contribution >= 4 is 11.4 Å². The average molecular weight is 466 g/mol. The number of hydrogen-bond donors (Lipinski definition) is 2. The third kappa shape index (κ3) is 7.07. The van der Waals surface area contributed by atoms with Gasteiger partial charge in [-0.3, -0.25) is 4.79 Å². The number of alkyl halides is 3. The Bertz CT molecular complexity index is 1140. The lowest BCUT2D eigenvalue weighted by molar-refractivity contribution is -0.153. The van der Waals surface area contributed by atoms with Crippen LogP contribution < -0.4 is 14.8 Å². The first-order valence-corrected chi connectivity index (χ1v) is 10.1. The second kappa shape index (κ2) is 8.89. The highest BCUT2D eigenvalue weighted by molar-refractivity contribution is 5.94. The van der Waals surface area contributed by atoms with Crippen molar-refractivity contribution in [3.05, 3.63) is 48.4 Å². The molecule has 1 amide bonds. The number of hydrogen-bond acceptors (Lipinski definition) is 6. The topological polar surface area (TPSA) is 98.0 Å². The van der Waals surface area contributed by atoms with Crippen molar-refractivity contribution in [3.63, 3.8) is 0 Å². The summed E-state index contributed by atoms with van der Waals surface area (Å²) in [6.07, 6.45) is -1.25. The van der Waals surface area contributed by atoms with Crippen LogP contribution in [0.25, 0.3) is 5.52 Å². The fourth-order valence-electron chi connectivity index (χ4n) is 3.48. The minimum atomic E-state index is -4.50. The number of amides is 1. The molecule has 3 heterocycles. The molecule has 0 saturated heterocycles. The molecular formula is C22H25F3N4O4. The van der Waals surface area contributed by atoms with Gasteiger partial charge in [-0.05, 0) is 58.4 Å². The summed E-state index contributed by atoms with van der Waals surface area (Å²) < 4.78 is 49.3. The predicted molar refractivity (Wildman–Crippen MR) is 114 cm³/mol. The summed E-state index contributed by atoms with van der Waals surface area (Å²) in [7, 11) is 0. The number of carbonyl (C=O) groups is 1. The molecule has 0 aliphatic carbocycles. The highest BCUT2D eigenvalue weighted by Crippen LogP contribution is 2.31. The molecule has 0 radical (unpaired) electrons. The Kier molecular flexibility index (Phi) is 6.55. The number of nitrogens with zero attached hydrogens (tertiary/aromatic N) is 3. The van der Waals surface area contributed by atoms with Gasteiger partial charge in [-0.25, -0.2) is 9.50 Å². The Morgan fingerprint density at radius 1 is 1.18 bits per heavy atom. The van der Waals surface area contributed by atoms with Crippen LogP contribution >= 0.6 is 0 Å². The lowest BCUT2D eigenvalue weighted by Gasteiger charge is -2.32. The lowest BCUT2D eigenvalue weighted by Crippen LogP contribution is -2.47. The monoisotopic (exact) mass is 466 g/mol. The standard InChI is InChI=1S/C22H25F3N4O4/c1-20(2,12-21(3,4)31)27-18(30)16-11-14-10-15(7-9-29(14)28-16)33-19-17(6-5-8-26-19)32-13-22(23,24)25/h5-11,31H,12-13H2,1-4H3,(H,27,30). The maximum atomic E-state index is 12.7. The third-order valence-corrected chi connectivity index (χ3v) is 4.34. The molecule has 3 rings (SSSR count). The van der Waals surface area contributed by atoms with E-state index in [1.807, 2.05) is 0 Å². The molecular weight excluding hydrogens is 441 g/mol. The van der Waals surface area contributed by atoms with Gasteiger partial charge in [0.15, 0.2) is 18.1 Å². The summed E-state index contributed by atoms with van der Waals surface area (Å²) in [5, 5.41) is 17.1. The van der Waals surface area contributed by atoms with Gasteiger partial charge in [-0.15, -0.1) is 0 Å². The highest BCUT2D eigenvalue weighted by Gasteiger charge is 2.30. The molecule has 0 fully saturated rings. The molecule has 8 nitrogen and oxygen atoms in total. The number of carbonyl (C=O) groups excluding carboxylic acids is 1. The second-order valence-electron chi connectivity index (χ2n) is 8.90. The molecule has 0 unspecified atom stereocenters. The lowest BCUT2D eigenvalue weighted by atomic mass is 9.89. The fraction of sp³-hybridized carbons (Fsp3) is 0.409. The van der Waals surface area contributed by atoms with E-state index in [9.17, 15) is 23.1 Å². The summed E-state index contributed by atoms with van der Waals surface area (Å²) in [5.74, 6) is -0.426. The van der Waals surface area contributed by atoms with Crippen LogP contribution in [0.1, 0.15) is 44.6 Å². The van der Waals surface area contributed by atoms with Crippen molar-refractivity contribution in [2.24, 2.45) is 0 Å². The Hall–Kier alpha value is -3.34. The minimum Gasteiger partial charge on any atom is -0.478 e. The van der Waals surface area contributed by atoms with Crippen LogP contribution in [0.15, 0.2) is 42.7 Å². The van der Waals surface area contributed by atoms with Gasteiger partial charge in [-0.2, -0.15) is 18.3 Å². The molecule has 2 N–H and O–H groups in total. The molecule has 0 saturated carbocycles. The Balaban J connectivity index is 1.76. The zero-order chi connectivity index (χ0) is 24.4. The van der Waals surface area contributed by atoms with E-state index in [1.54, 1.807) is 46.0 Å². The van der Waals surface area contributed by atoms with Gasteiger partial charge in [0, 0.05) is 24.0 Å². The highest BCUT2D eigenvalue weighted by atomic mass is 19.4. The Morgan fingerprint density at radius 3 is 2.58 bits per heavy atom. The molecule has 0 aliphatic heterocycles. The molecule has 0 spiro atoms. The van der Waals surface area contributed by atoms with Crippen LogP contribution in [0.3, 0.4) is 0 Å². The first-order valence-electron chi connectivity index (χ1n) is 10.1.